The van der Waals surface area contributed by atoms with Crippen molar-refractivity contribution in [1.82, 2.24) is 9.91 Å². The Hall–Kier alpha value is -1.55. The van der Waals surface area contributed by atoms with Gasteiger partial charge in [0.1, 0.15) is 0 Å². The van der Waals surface area contributed by atoms with Gasteiger partial charge in [0, 0.05) is 13.0 Å². The van der Waals surface area contributed by atoms with Crippen LogP contribution in [-0.4, -0.2) is 48.0 Å². The second-order valence-electron chi connectivity index (χ2n) is 6.33. The summed E-state index contributed by atoms with van der Waals surface area (Å²) in [5.41, 5.74) is 1.10. The largest absolute Gasteiger partial charge is 0.307 e. The average Bonchev–Trinajstić information content (AvgIpc) is 2.76. The lowest BCUT2D eigenvalue weighted by molar-refractivity contribution is -0.130. The highest BCUT2D eigenvalue weighted by molar-refractivity contribution is 5.76. The molecule has 1 saturated heterocycles. The highest BCUT2D eigenvalue weighted by Gasteiger charge is 2.39. The molecule has 0 saturated carbocycles. The van der Waals surface area contributed by atoms with Crippen LogP contribution in [0.4, 0.5) is 5.69 Å². The summed E-state index contributed by atoms with van der Waals surface area (Å²) in [6.45, 7) is 6.03. The molecule has 1 amide bonds. The van der Waals surface area contributed by atoms with E-state index in [9.17, 15) is 4.79 Å². The van der Waals surface area contributed by atoms with Gasteiger partial charge in [-0.2, -0.15) is 0 Å². The van der Waals surface area contributed by atoms with Crippen molar-refractivity contribution in [3.8, 4) is 0 Å². The van der Waals surface area contributed by atoms with Crippen LogP contribution in [0.5, 0.6) is 0 Å². The molecule has 3 atom stereocenters. The lowest BCUT2D eigenvalue weighted by Gasteiger charge is -2.36. The number of para-hydroxylation sites is 1. The molecule has 2 rings (SSSR count). The molecule has 4 heteroatoms. The summed E-state index contributed by atoms with van der Waals surface area (Å²) < 4.78 is 0. The van der Waals surface area contributed by atoms with Crippen LogP contribution in [0.1, 0.15) is 33.6 Å². The molecule has 3 unspecified atom stereocenters. The van der Waals surface area contributed by atoms with Crippen LogP contribution in [0.15, 0.2) is 30.3 Å². The molecule has 0 radical (unpaired) electrons. The van der Waals surface area contributed by atoms with Crippen molar-refractivity contribution >= 4 is 11.6 Å². The van der Waals surface area contributed by atoms with Crippen LogP contribution < -0.4 is 5.01 Å². The topological polar surface area (TPSA) is 26.8 Å². The first-order valence-corrected chi connectivity index (χ1v) is 7.72. The van der Waals surface area contributed by atoms with Gasteiger partial charge in [-0.15, -0.1) is 0 Å². The fourth-order valence-corrected chi connectivity index (χ4v) is 3.16. The molecule has 1 fully saturated rings. The van der Waals surface area contributed by atoms with Gasteiger partial charge in [-0.3, -0.25) is 14.8 Å². The summed E-state index contributed by atoms with van der Waals surface area (Å²) in [7, 11) is 4.22. The first kappa shape index (κ1) is 15.8. The summed E-state index contributed by atoms with van der Waals surface area (Å²) in [5.74, 6) is 0.117. The molecule has 0 spiro atoms. The molecule has 1 aliphatic heterocycles. The van der Waals surface area contributed by atoms with E-state index in [1.165, 1.54) is 0 Å². The third-order valence-electron chi connectivity index (χ3n) is 4.45. The normalized spacial score (nSPS) is 23.7. The number of benzene rings is 1. The van der Waals surface area contributed by atoms with Crippen molar-refractivity contribution < 1.29 is 4.79 Å². The van der Waals surface area contributed by atoms with Gasteiger partial charge in [-0.25, -0.2) is 0 Å². The minimum atomic E-state index is 0.117. The summed E-state index contributed by atoms with van der Waals surface area (Å²) >= 11 is 0. The van der Waals surface area contributed by atoms with Gasteiger partial charge in [-0.1, -0.05) is 18.2 Å². The van der Waals surface area contributed by atoms with Gasteiger partial charge in [0.25, 0.3) is 0 Å². The number of nitrogens with zero attached hydrogens (tertiary/aromatic N) is 3. The Bertz CT molecular complexity index is 474. The van der Waals surface area contributed by atoms with E-state index < -0.39 is 0 Å². The van der Waals surface area contributed by atoms with Crippen molar-refractivity contribution in [2.75, 3.05) is 19.1 Å². The zero-order chi connectivity index (χ0) is 15.6. The van der Waals surface area contributed by atoms with E-state index in [1.807, 2.05) is 23.2 Å². The molecule has 1 aliphatic rings. The Labute approximate surface area is 128 Å². The quantitative estimate of drug-likeness (QED) is 0.853. The monoisotopic (exact) mass is 289 g/mol. The van der Waals surface area contributed by atoms with Gasteiger partial charge in [0.2, 0.25) is 5.91 Å². The first-order chi connectivity index (χ1) is 9.91. The summed E-state index contributed by atoms with van der Waals surface area (Å²) in [6, 6.07) is 11.3. The molecule has 21 heavy (non-hydrogen) atoms. The van der Waals surface area contributed by atoms with Gasteiger partial charge < -0.3 is 4.90 Å². The predicted molar refractivity (Wildman–Crippen MR) is 87.1 cm³/mol. The highest BCUT2D eigenvalue weighted by atomic mass is 16.2. The van der Waals surface area contributed by atoms with E-state index in [-0.39, 0.29) is 11.9 Å². The minimum absolute atomic E-state index is 0.117. The average molecular weight is 289 g/mol. The van der Waals surface area contributed by atoms with E-state index in [1.54, 1.807) is 6.92 Å². The maximum absolute atomic E-state index is 12.1. The van der Waals surface area contributed by atoms with E-state index in [4.69, 9.17) is 0 Å². The summed E-state index contributed by atoms with van der Waals surface area (Å²) in [4.78, 5) is 14.3. The minimum Gasteiger partial charge on any atom is -0.307 e. The molecule has 1 heterocycles. The van der Waals surface area contributed by atoms with Crippen LogP contribution in [0, 0.1) is 0 Å². The number of hydrogen-bond acceptors (Lipinski definition) is 3. The third kappa shape index (κ3) is 3.38. The number of hydrogen-bond donors (Lipinski definition) is 0. The molecule has 0 bridgehead atoms. The lowest BCUT2D eigenvalue weighted by Crippen LogP contribution is -2.47. The number of hydrazine groups is 1. The Morgan fingerprint density at radius 3 is 2.48 bits per heavy atom. The van der Waals surface area contributed by atoms with Crippen molar-refractivity contribution in [1.29, 1.82) is 0 Å². The van der Waals surface area contributed by atoms with E-state index in [0.717, 1.165) is 18.5 Å². The van der Waals surface area contributed by atoms with E-state index in [2.05, 4.69) is 50.0 Å². The summed E-state index contributed by atoms with van der Waals surface area (Å²) in [6.07, 6.45) is 2.07. The summed E-state index contributed by atoms with van der Waals surface area (Å²) in [5, 5.41) is 4.12. The molecular weight excluding hydrogens is 262 g/mol. The Kier molecular flexibility index (Phi) is 4.88. The predicted octanol–water partition coefficient (Wildman–Crippen LogP) is 2.76. The maximum Gasteiger partial charge on any atom is 0.238 e. The van der Waals surface area contributed by atoms with E-state index in [0.29, 0.717) is 12.1 Å². The van der Waals surface area contributed by atoms with E-state index >= 15 is 0 Å². The maximum atomic E-state index is 12.1. The number of anilines is 1. The molecule has 0 aromatic heterocycles. The third-order valence-corrected chi connectivity index (χ3v) is 4.45. The lowest BCUT2D eigenvalue weighted by atomic mass is 10.0. The zero-order valence-corrected chi connectivity index (χ0v) is 13.8. The number of carbonyl (C=O) groups excluding carboxylic acids is 1. The highest BCUT2D eigenvalue weighted by Crippen LogP contribution is 2.33. The van der Waals surface area contributed by atoms with Crippen LogP contribution in [-0.2, 0) is 4.79 Å². The van der Waals surface area contributed by atoms with Gasteiger partial charge in [0.05, 0.1) is 17.8 Å². The van der Waals surface area contributed by atoms with Gasteiger partial charge >= 0.3 is 0 Å². The molecular formula is C17H27N3O. The molecule has 1 aromatic carbocycles. The Morgan fingerprint density at radius 1 is 1.33 bits per heavy atom. The molecule has 116 valence electrons. The number of carbonyl (C=O) groups is 1. The van der Waals surface area contributed by atoms with Crippen molar-refractivity contribution in [2.24, 2.45) is 0 Å². The molecule has 0 aliphatic carbocycles. The Balaban J connectivity index is 2.29. The van der Waals surface area contributed by atoms with Crippen LogP contribution in [0.3, 0.4) is 0 Å². The zero-order valence-electron chi connectivity index (χ0n) is 13.8. The first-order valence-electron chi connectivity index (χ1n) is 7.72. The fraction of sp³-hybridized carbons (Fsp3) is 0.588. The fourth-order valence-electron chi connectivity index (χ4n) is 3.16. The second-order valence-corrected chi connectivity index (χ2v) is 6.33. The number of rotatable bonds is 4. The second kappa shape index (κ2) is 6.48. The van der Waals surface area contributed by atoms with Crippen LogP contribution in [0.2, 0.25) is 0 Å². The van der Waals surface area contributed by atoms with Crippen molar-refractivity contribution in [2.45, 2.75) is 51.7 Å². The number of amides is 1. The molecule has 4 nitrogen and oxygen atoms in total. The SMILES string of the molecule is CC(=O)N1C(C)CC(CC(C)N(C)C)N1c1ccccc1. The van der Waals surface area contributed by atoms with Gasteiger partial charge in [-0.05, 0) is 52.9 Å². The Morgan fingerprint density at radius 2 is 1.95 bits per heavy atom. The van der Waals surface area contributed by atoms with Crippen LogP contribution >= 0.6 is 0 Å². The van der Waals surface area contributed by atoms with Crippen molar-refractivity contribution in [3.05, 3.63) is 30.3 Å². The molecule has 1 aromatic rings. The van der Waals surface area contributed by atoms with Crippen LogP contribution in [0.25, 0.3) is 0 Å². The molecule has 0 N–H and O–H groups in total. The van der Waals surface area contributed by atoms with Crippen molar-refractivity contribution in [3.63, 3.8) is 0 Å². The standard InChI is InChI=1S/C17H27N3O/c1-13(18(4)5)11-17-12-14(2)19(15(3)21)20(17)16-9-7-6-8-10-16/h6-10,13-14,17H,11-12H2,1-5H3. The van der Waals surface area contributed by atoms with Gasteiger partial charge in [0.15, 0.2) is 0 Å². The smallest absolute Gasteiger partial charge is 0.238 e.